The predicted molar refractivity (Wildman–Crippen MR) is 102 cm³/mol. The van der Waals surface area contributed by atoms with Gasteiger partial charge in [0.2, 0.25) is 0 Å². The first-order valence-electron chi connectivity index (χ1n) is 8.53. The van der Waals surface area contributed by atoms with Gasteiger partial charge in [0.25, 0.3) is 0 Å². The summed E-state index contributed by atoms with van der Waals surface area (Å²) in [4.78, 5) is 27.0. The van der Waals surface area contributed by atoms with E-state index in [0.29, 0.717) is 5.56 Å². The fourth-order valence-electron chi connectivity index (χ4n) is 2.55. The summed E-state index contributed by atoms with van der Waals surface area (Å²) in [6.45, 7) is 6.97. The molecule has 1 fully saturated rings. The first kappa shape index (κ1) is 22.6. The SMILES string of the molecule is C=C1CCN(Cc2csc(-c3cccc(C(=O)O)c3)n2)CC1.O=C(O)C(F)(F)F. The van der Waals surface area contributed by atoms with Crippen LogP contribution in [0.4, 0.5) is 13.2 Å². The van der Waals surface area contributed by atoms with E-state index in [2.05, 4.69) is 21.8 Å². The third-order valence-corrected chi connectivity index (χ3v) is 5.04. The van der Waals surface area contributed by atoms with Gasteiger partial charge >= 0.3 is 18.1 Å². The zero-order chi connectivity index (χ0) is 21.6. The van der Waals surface area contributed by atoms with Crippen LogP contribution in [0.2, 0.25) is 0 Å². The van der Waals surface area contributed by atoms with Crippen molar-refractivity contribution < 1.29 is 33.0 Å². The Labute approximate surface area is 168 Å². The molecule has 10 heteroatoms. The molecule has 0 bridgehead atoms. The number of rotatable bonds is 4. The highest BCUT2D eigenvalue weighted by atomic mass is 32.1. The van der Waals surface area contributed by atoms with E-state index in [0.717, 1.165) is 48.7 Å². The van der Waals surface area contributed by atoms with E-state index in [4.69, 9.17) is 15.0 Å². The normalized spacial score (nSPS) is 14.8. The summed E-state index contributed by atoms with van der Waals surface area (Å²) in [5.74, 6) is -3.67. The third-order valence-electron chi connectivity index (χ3n) is 4.10. The van der Waals surface area contributed by atoms with E-state index in [9.17, 15) is 18.0 Å². The maximum atomic E-state index is 11.0. The molecule has 0 unspecified atom stereocenters. The molecule has 0 atom stereocenters. The van der Waals surface area contributed by atoms with Crippen molar-refractivity contribution in [1.82, 2.24) is 9.88 Å². The van der Waals surface area contributed by atoms with Crippen molar-refractivity contribution in [2.75, 3.05) is 13.1 Å². The van der Waals surface area contributed by atoms with Crippen LogP contribution in [-0.4, -0.2) is 51.3 Å². The van der Waals surface area contributed by atoms with Gasteiger partial charge in [-0.2, -0.15) is 13.2 Å². The van der Waals surface area contributed by atoms with Gasteiger partial charge in [-0.05, 0) is 25.0 Å². The first-order valence-corrected chi connectivity index (χ1v) is 9.41. The fraction of sp³-hybridized carbons (Fsp3) is 0.316. The summed E-state index contributed by atoms with van der Waals surface area (Å²) >= 11 is 1.56. The molecule has 1 aliphatic heterocycles. The molecule has 3 rings (SSSR count). The lowest BCUT2D eigenvalue weighted by Gasteiger charge is -2.26. The lowest BCUT2D eigenvalue weighted by Crippen LogP contribution is -2.30. The van der Waals surface area contributed by atoms with E-state index in [1.165, 1.54) is 5.57 Å². The number of hydrogen-bond acceptors (Lipinski definition) is 5. The lowest BCUT2D eigenvalue weighted by atomic mass is 10.1. The van der Waals surface area contributed by atoms with Crippen LogP contribution in [0.3, 0.4) is 0 Å². The highest BCUT2D eigenvalue weighted by molar-refractivity contribution is 7.13. The second-order valence-corrected chi connectivity index (χ2v) is 7.22. The van der Waals surface area contributed by atoms with Crippen molar-refractivity contribution in [2.24, 2.45) is 0 Å². The molecule has 6 nitrogen and oxygen atoms in total. The van der Waals surface area contributed by atoms with Gasteiger partial charge in [-0.25, -0.2) is 14.6 Å². The summed E-state index contributed by atoms with van der Waals surface area (Å²) in [7, 11) is 0. The van der Waals surface area contributed by atoms with Crippen LogP contribution in [0.25, 0.3) is 10.6 Å². The number of nitrogens with zero attached hydrogens (tertiary/aromatic N) is 2. The highest BCUT2D eigenvalue weighted by Crippen LogP contribution is 2.26. The number of thiazole rings is 1. The molecule has 2 N–H and O–H groups in total. The van der Waals surface area contributed by atoms with Crippen LogP contribution in [0.15, 0.2) is 41.8 Å². The largest absolute Gasteiger partial charge is 0.490 e. The number of carboxylic acids is 2. The number of aromatic carboxylic acids is 1. The number of carboxylic acid groups (broad SMARTS) is 2. The van der Waals surface area contributed by atoms with Crippen LogP contribution >= 0.6 is 11.3 Å². The zero-order valence-corrected chi connectivity index (χ0v) is 16.1. The summed E-state index contributed by atoms with van der Waals surface area (Å²) in [5.41, 5.74) is 3.54. The Morgan fingerprint density at radius 2 is 1.83 bits per heavy atom. The van der Waals surface area contributed by atoms with Crippen molar-refractivity contribution >= 4 is 23.3 Å². The highest BCUT2D eigenvalue weighted by Gasteiger charge is 2.38. The minimum Gasteiger partial charge on any atom is -0.478 e. The Kier molecular flexibility index (Phi) is 7.52. The number of aliphatic carboxylic acids is 1. The van der Waals surface area contributed by atoms with Gasteiger partial charge in [0.15, 0.2) is 0 Å². The molecular weight excluding hydrogens is 409 g/mol. The summed E-state index contributed by atoms with van der Waals surface area (Å²) in [6, 6.07) is 6.94. The Balaban J connectivity index is 0.000000370. The van der Waals surface area contributed by atoms with Gasteiger partial charge in [0, 0.05) is 30.6 Å². The number of aromatic nitrogens is 1. The molecule has 0 aliphatic carbocycles. The quantitative estimate of drug-likeness (QED) is 0.706. The van der Waals surface area contributed by atoms with Crippen LogP contribution in [0, 0.1) is 0 Å². The average molecular weight is 428 g/mol. The Morgan fingerprint density at radius 3 is 2.38 bits per heavy atom. The molecule has 0 spiro atoms. The van der Waals surface area contributed by atoms with E-state index in [-0.39, 0.29) is 0 Å². The number of benzene rings is 1. The smallest absolute Gasteiger partial charge is 0.478 e. The number of alkyl halides is 3. The molecule has 2 aromatic rings. The number of carbonyl (C=O) groups is 2. The summed E-state index contributed by atoms with van der Waals surface area (Å²) in [6.07, 6.45) is -2.95. The van der Waals surface area contributed by atoms with Crippen molar-refractivity contribution in [3.05, 3.63) is 53.1 Å². The molecule has 0 amide bonds. The van der Waals surface area contributed by atoms with E-state index in [1.54, 1.807) is 29.5 Å². The topological polar surface area (TPSA) is 90.7 Å². The molecule has 156 valence electrons. The second-order valence-electron chi connectivity index (χ2n) is 6.36. The van der Waals surface area contributed by atoms with Crippen molar-refractivity contribution in [1.29, 1.82) is 0 Å². The molecule has 1 aromatic heterocycles. The molecule has 2 heterocycles. The van der Waals surface area contributed by atoms with Gasteiger partial charge < -0.3 is 10.2 Å². The lowest BCUT2D eigenvalue weighted by molar-refractivity contribution is -0.192. The molecule has 1 aromatic carbocycles. The Morgan fingerprint density at radius 1 is 1.21 bits per heavy atom. The third kappa shape index (κ3) is 6.99. The van der Waals surface area contributed by atoms with Crippen LogP contribution in [0.1, 0.15) is 28.9 Å². The monoisotopic (exact) mass is 428 g/mol. The van der Waals surface area contributed by atoms with Gasteiger partial charge in [-0.1, -0.05) is 24.3 Å². The van der Waals surface area contributed by atoms with E-state index in [1.807, 2.05) is 6.07 Å². The van der Waals surface area contributed by atoms with Crippen LogP contribution in [-0.2, 0) is 11.3 Å². The van der Waals surface area contributed by atoms with E-state index >= 15 is 0 Å². The molecule has 29 heavy (non-hydrogen) atoms. The molecule has 1 saturated heterocycles. The van der Waals surface area contributed by atoms with Crippen LogP contribution < -0.4 is 0 Å². The van der Waals surface area contributed by atoms with Gasteiger partial charge in [-0.15, -0.1) is 11.3 Å². The van der Waals surface area contributed by atoms with Crippen LogP contribution in [0.5, 0.6) is 0 Å². The van der Waals surface area contributed by atoms with Gasteiger partial charge in [0.05, 0.1) is 11.3 Å². The average Bonchev–Trinajstić information content (AvgIpc) is 3.12. The number of likely N-dealkylation sites (tertiary alicyclic amines) is 1. The van der Waals surface area contributed by atoms with Crippen molar-refractivity contribution in [2.45, 2.75) is 25.6 Å². The number of hydrogen-bond donors (Lipinski definition) is 2. The molecule has 0 radical (unpaired) electrons. The summed E-state index contributed by atoms with van der Waals surface area (Å²) < 4.78 is 31.7. The van der Waals surface area contributed by atoms with Crippen molar-refractivity contribution in [3.8, 4) is 10.6 Å². The van der Waals surface area contributed by atoms with Gasteiger partial charge in [0.1, 0.15) is 5.01 Å². The van der Waals surface area contributed by atoms with Gasteiger partial charge in [-0.3, -0.25) is 4.90 Å². The summed E-state index contributed by atoms with van der Waals surface area (Å²) in [5, 5.41) is 19.1. The predicted octanol–water partition coefficient (Wildman–Crippen LogP) is 4.29. The maximum absolute atomic E-state index is 11.0. The zero-order valence-electron chi connectivity index (χ0n) is 15.3. The molecule has 1 aliphatic rings. The maximum Gasteiger partial charge on any atom is 0.490 e. The number of halogens is 3. The Bertz CT molecular complexity index is 886. The second kappa shape index (κ2) is 9.66. The van der Waals surface area contributed by atoms with Crippen molar-refractivity contribution in [3.63, 3.8) is 0 Å². The number of piperidine rings is 1. The molecular formula is C19H19F3N2O4S. The minimum absolute atomic E-state index is 0.295. The van der Waals surface area contributed by atoms with E-state index < -0.39 is 18.1 Å². The minimum atomic E-state index is -5.08. The Hall–Kier alpha value is -2.72. The standard InChI is InChI=1S/C17H18N2O2S.C2HF3O2/c1-12-5-7-19(8-6-12)10-15-11-22-16(18-15)13-3-2-4-14(9-13)17(20)21;3-2(4,5)1(6)7/h2-4,9,11H,1,5-8,10H2,(H,20,21);(H,6,7). The first-order chi connectivity index (χ1) is 13.6. The fourth-order valence-corrected chi connectivity index (χ4v) is 3.36. The molecule has 0 saturated carbocycles.